The Morgan fingerprint density at radius 1 is 1.06 bits per heavy atom. The third-order valence-corrected chi connectivity index (χ3v) is 9.37. The molecule has 2 aromatic heterocycles. The van der Waals surface area contributed by atoms with Crippen LogP contribution in [-0.2, 0) is 16.9 Å². The highest BCUT2D eigenvalue weighted by Gasteiger charge is 2.40. The maximum atomic E-state index is 11.8. The summed E-state index contributed by atoms with van der Waals surface area (Å²) in [6.07, 6.45) is 10.9. The van der Waals surface area contributed by atoms with Crippen molar-refractivity contribution in [3.63, 3.8) is 0 Å². The molecule has 0 radical (unpaired) electrons. The van der Waals surface area contributed by atoms with E-state index in [9.17, 15) is 8.42 Å². The highest BCUT2D eigenvalue weighted by atomic mass is 32.2. The molecule has 3 aliphatic rings. The van der Waals surface area contributed by atoms with Crippen molar-refractivity contribution in [3.8, 4) is 5.69 Å². The third kappa shape index (κ3) is 3.40. The second kappa shape index (κ2) is 7.28. The van der Waals surface area contributed by atoms with E-state index < -0.39 is 9.84 Å². The van der Waals surface area contributed by atoms with Gasteiger partial charge in [0.15, 0.2) is 0 Å². The van der Waals surface area contributed by atoms with Crippen LogP contribution >= 0.6 is 0 Å². The maximum absolute atomic E-state index is 11.8. The molecule has 7 nitrogen and oxygen atoms in total. The summed E-state index contributed by atoms with van der Waals surface area (Å²) in [4.78, 5) is 2.56. The number of aryl methyl sites for hydroxylation is 2. The number of sulfone groups is 1. The van der Waals surface area contributed by atoms with Crippen molar-refractivity contribution < 1.29 is 8.42 Å². The second-order valence-corrected chi connectivity index (χ2v) is 12.1. The van der Waals surface area contributed by atoms with E-state index in [-0.39, 0.29) is 0 Å². The van der Waals surface area contributed by atoms with Crippen LogP contribution in [0.25, 0.3) is 22.2 Å². The molecule has 6 rings (SSSR count). The van der Waals surface area contributed by atoms with Gasteiger partial charge in [-0.1, -0.05) is 6.08 Å². The van der Waals surface area contributed by atoms with Gasteiger partial charge in [0.2, 0.25) is 0 Å². The summed E-state index contributed by atoms with van der Waals surface area (Å²) in [7, 11) is -0.881. The number of likely N-dealkylation sites (tertiary alicyclic amines) is 1. The number of nitrogens with zero attached hydrogens (tertiary/aromatic N) is 5. The molecule has 8 heteroatoms. The Kier molecular flexibility index (Phi) is 4.59. The fraction of sp³-hybridized carbons (Fsp3) is 0.500. The topological polar surface area (TPSA) is 73.0 Å². The third-order valence-electron chi connectivity index (χ3n) is 7.65. The highest BCUT2D eigenvalue weighted by Crippen LogP contribution is 2.43. The molecule has 0 amide bonds. The van der Waals surface area contributed by atoms with Gasteiger partial charge in [0.25, 0.3) is 0 Å². The number of allylic oxidation sites excluding steroid dienone is 1. The van der Waals surface area contributed by atoms with Gasteiger partial charge in [-0.2, -0.15) is 10.2 Å². The van der Waals surface area contributed by atoms with Gasteiger partial charge in [0.1, 0.15) is 15.5 Å². The number of hydrogen-bond donors (Lipinski definition) is 0. The lowest BCUT2D eigenvalue weighted by atomic mass is 9.95. The molecule has 2 aliphatic heterocycles. The average Bonchev–Trinajstić information content (AvgIpc) is 3.50. The lowest BCUT2D eigenvalue weighted by Crippen LogP contribution is -2.40. The van der Waals surface area contributed by atoms with Crippen LogP contribution < -0.4 is 0 Å². The van der Waals surface area contributed by atoms with Crippen molar-refractivity contribution in [1.29, 1.82) is 0 Å². The lowest BCUT2D eigenvalue weighted by molar-refractivity contribution is 0.217. The first-order valence-electron chi connectivity index (χ1n) is 11.5. The molecule has 0 N–H and O–H groups in total. The Morgan fingerprint density at radius 2 is 1.88 bits per heavy atom. The summed E-state index contributed by atoms with van der Waals surface area (Å²) < 4.78 is 27.3. The van der Waals surface area contributed by atoms with Crippen LogP contribution in [0.15, 0.2) is 36.8 Å². The smallest absolute Gasteiger partial charge is 0.150 e. The minimum atomic E-state index is -2.80. The summed E-state index contributed by atoms with van der Waals surface area (Å²) in [5.41, 5.74) is 6.15. The van der Waals surface area contributed by atoms with Crippen molar-refractivity contribution in [2.45, 2.75) is 32.2 Å². The van der Waals surface area contributed by atoms with Crippen LogP contribution in [0.3, 0.4) is 0 Å². The van der Waals surface area contributed by atoms with Gasteiger partial charge in [-0.15, -0.1) is 0 Å². The molecule has 3 aromatic rings. The van der Waals surface area contributed by atoms with Gasteiger partial charge in [0, 0.05) is 31.6 Å². The predicted octanol–water partition coefficient (Wildman–Crippen LogP) is 2.98. The molecule has 4 heterocycles. The monoisotopic (exact) mass is 451 g/mol. The Labute approximate surface area is 188 Å². The fourth-order valence-corrected chi connectivity index (χ4v) is 7.41. The standard InChI is InChI=1S/C24H29N5O2S/c1-16-7-18-11-26-29(22-12-25-27(2)15-22)24(18)10-23(16)17-8-19-13-28(14-20(19)9-17)21-3-5-32(30,31)6-4-21/h7-8,10-12,15,19-21H,3-6,9,13-14H2,1-2H3/t19-,20+/m1/s1. The zero-order valence-corrected chi connectivity index (χ0v) is 19.4. The number of rotatable bonds is 3. The molecule has 2 atom stereocenters. The van der Waals surface area contributed by atoms with Crippen molar-refractivity contribution in [2.75, 3.05) is 24.6 Å². The molecule has 32 heavy (non-hydrogen) atoms. The zero-order chi connectivity index (χ0) is 22.0. The zero-order valence-electron chi connectivity index (χ0n) is 18.6. The van der Waals surface area contributed by atoms with Crippen molar-refractivity contribution in [2.24, 2.45) is 18.9 Å². The molecule has 1 aromatic carbocycles. The molecule has 1 aliphatic carbocycles. The van der Waals surface area contributed by atoms with Crippen LogP contribution in [-0.4, -0.2) is 63.5 Å². The van der Waals surface area contributed by atoms with Crippen LogP contribution in [0.2, 0.25) is 0 Å². The van der Waals surface area contributed by atoms with Crippen LogP contribution in [0, 0.1) is 18.8 Å². The van der Waals surface area contributed by atoms with E-state index in [1.54, 1.807) is 4.68 Å². The molecule has 0 saturated carbocycles. The SMILES string of the molecule is Cc1cc2cnn(-c3cnn(C)c3)c2cc1C1=C[C@@H]2CN(C3CCS(=O)(=O)CC3)C[C@@H]2C1. The van der Waals surface area contributed by atoms with E-state index in [0.717, 1.165) is 48.9 Å². The van der Waals surface area contributed by atoms with Gasteiger partial charge < -0.3 is 0 Å². The quantitative estimate of drug-likeness (QED) is 0.612. The van der Waals surface area contributed by atoms with Gasteiger partial charge in [-0.25, -0.2) is 13.1 Å². The molecule has 0 spiro atoms. The van der Waals surface area contributed by atoms with Gasteiger partial charge >= 0.3 is 0 Å². The molecule has 168 valence electrons. The van der Waals surface area contributed by atoms with Crippen molar-refractivity contribution in [1.82, 2.24) is 24.5 Å². The minimum Gasteiger partial charge on any atom is -0.299 e. The van der Waals surface area contributed by atoms with E-state index >= 15 is 0 Å². The van der Waals surface area contributed by atoms with Crippen molar-refractivity contribution >= 4 is 26.3 Å². The largest absolute Gasteiger partial charge is 0.299 e. The number of aromatic nitrogens is 4. The van der Waals surface area contributed by atoms with E-state index in [1.807, 2.05) is 30.3 Å². The fourth-order valence-electron chi connectivity index (χ4n) is 5.94. The molecular weight excluding hydrogens is 422 g/mol. The first kappa shape index (κ1) is 20.2. The number of fused-ring (bicyclic) bond motifs is 2. The average molecular weight is 452 g/mol. The summed E-state index contributed by atoms with van der Waals surface area (Å²) in [6, 6.07) is 4.98. The Balaban J connectivity index is 1.25. The Morgan fingerprint density at radius 3 is 2.59 bits per heavy atom. The number of benzene rings is 1. The molecule has 0 bridgehead atoms. The Hall–Kier alpha value is -2.45. The summed E-state index contributed by atoms with van der Waals surface area (Å²) in [5.74, 6) is 1.92. The lowest BCUT2D eigenvalue weighted by Gasteiger charge is -2.31. The molecule has 2 fully saturated rings. The maximum Gasteiger partial charge on any atom is 0.150 e. The van der Waals surface area contributed by atoms with E-state index in [1.165, 1.54) is 16.7 Å². The first-order chi connectivity index (χ1) is 15.4. The summed E-state index contributed by atoms with van der Waals surface area (Å²) in [6.45, 7) is 4.35. The highest BCUT2D eigenvalue weighted by molar-refractivity contribution is 7.91. The normalized spacial score (nSPS) is 26.0. The minimum absolute atomic E-state index is 0.356. The molecule has 2 saturated heterocycles. The second-order valence-electron chi connectivity index (χ2n) is 9.81. The van der Waals surface area contributed by atoms with Gasteiger partial charge in [-0.3, -0.25) is 9.58 Å². The van der Waals surface area contributed by atoms with E-state index in [0.29, 0.717) is 29.4 Å². The first-order valence-corrected chi connectivity index (χ1v) is 13.3. The van der Waals surface area contributed by atoms with Crippen LogP contribution in [0.4, 0.5) is 0 Å². The van der Waals surface area contributed by atoms with Crippen molar-refractivity contribution in [3.05, 3.63) is 47.9 Å². The van der Waals surface area contributed by atoms with Crippen LogP contribution in [0.5, 0.6) is 0 Å². The Bertz CT molecular complexity index is 1320. The molecular formula is C24H29N5O2S. The summed E-state index contributed by atoms with van der Waals surface area (Å²) in [5, 5.41) is 10.1. The summed E-state index contributed by atoms with van der Waals surface area (Å²) >= 11 is 0. The van der Waals surface area contributed by atoms with Crippen LogP contribution in [0.1, 0.15) is 30.4 Å². The van der Waals surface area contributed by atoms with E-state index in [2.05, 4.69) is 40.2 Å². The molecule has 0 unspecified atom stereocenters. The predicted molar refractivity (Wildman–Crippen MR) is 125 cm³/mol. The van der Waals surface area contributed by atoms with E-state index in [4.69, 9.17) is 0 Å². The number of hydrogen-bond acceptors (Lipinski definition) is 5. The van der Waals surface area contributed by atoms with Gasteiger partial charge in [-0.05, 0) is 66.9 Å². The van der Waals surface area contributed by atoms with Gasteiger partial charge in [0.05, 0.1) is 35.6 Å².